The predicted molar refractivity (Wildman–Crippen MR) is 91.0 cm³/mol. The van der Waals surface area contributed by atoms with Gasteiger partial charge in [0.2, 0.25) is 0 Å². The molecule has 0 bridgehead atoms. The topological polar surface area (TPSA) is 34.1 Å². The molecule has 0 amide bonds. The van der Waals surface area contributed by atoms with E-state index in [4.69, 9.17) is 4.74 Å². The molecule has 118 valence electrons. The Hall–Kier alpha value is -2.24. The molecule has 0 aliphatic carbocycles. The lowest BCUT2D eigenvalue weighted by molar-refractivity contribution is 0.414. The predicted octanol–water partition coefficient (Wildman–Crippen LogP) is 4.25. The summed E-state index contributed by atoms with van der Waals surface area (Å²) in [5.74, 6) is 0.629. The molecule has 5 heteroatoms. The highest BCUT2D eigenvalue weighted by molar-refractivity contribution is 7.13. The van der Waals surface area contributed by atoms with Crippen LogP contribution >= 0.6 is 11.3 Å². The second-order valence-electron chi connectivity index (χ2n) is 5.10. The third kappa shape index (κ3) is 4.15. The van der Waals surface area contributed by atoms with Crippen LogP contribution in [0.15, 0.2) is 53.9 Å². The summed E-state index contributed by atoms with van der Waals surface area (Å²) in [6.45, 7) is 1.47. The van der Waals surface area contributed by atoms with Gasteiger partial charge in [-0.15, -0.1) is 11.3 Å². The lowest BCUT2D eigenvalue weighted by Crippen LogP contribution is -2.12. The summed E-state index contributed by atoms with van der Waals surface area (Å²) < 4.78 is 18.1. The fourth-order valence-electron chi connectivity index (χ4n) is 2.19. The number of nitrogens with zero attached hydrogens (tertiary/aromatic N) is 1. The molecule has 0 saturated heterocycles. The largest absolute Gasteiger partial charge is 0.497 e. The van der Waals surface area contributed by atoms with Crippen LogP contribution in [0, 0.1) is 5.82 Å². The third-order valence-electron chi connectivity index (χ3n) is 3.44. The summed E-state index contributed by atoms with van der Waals surface area (Å²) in [6.07, 6.45) is 0. The first kappa shape index (κ1) is 15.6. The molecule has 0 radical (unpaired) electrons. The minimum Gasteiger partial charge on any atom is -0.497 e. The maximum Gasteiger partial charge on any atom is 0.123 e. The van der Waals surface area contributed by atoms with E-state index in [1.807, 2.05) is 29.6 Å². The van der Waals surface area contributed by atoms with Crippen molar-refractivity contribution < 1.29 is 9.13 Å². The Bertz CT molecular complexity index is 753. The maximum atomic E-state index is 12.9. The highest BCUT2D eigenvalue weighted by atomic mass is 32.1. The van der Waals surface area contributed by atoms with Gasteiger partial charge in [-0.3, -0.25) is 0 Å². The Morgan fingerprint density at radius 3 is 2.48 bits per heavy atom. The van der Waals surface area contributed by atoms with Gasteiger partial charge in [0, 0.05) is 24.0 Å². The van der Waals surface area contributed by atoms with Crippen LogP contribution in [0.25, 0.3) is 10.6 Å². The average molecular weight is 328 g/mol. The number of halogens is 1. The molecule has 1 heterocycles. The van der Waals surface area contributed by atoms with E-state index < -0.39 is 0 Å². The molecule has 3 nitrogen and oxygen atoms in total. The van der Waals surface area contributed by atoms with Gasteiger partial charge in [-0.2, -0.15) is 0 Å². The normalized spacial score (nSPS) is 10.7. The van der Waals surface area contributed by atoms with E-state index in [9.17, 15) is 4.39 Å². The SMILES string of the molecule is COc1ccc(CNCc2csc(-c3ccc(F)cc3)n2)cc1. The Morgan fingerprint density at radius 2 is 1.78 bits per heavy atom. The van der Waals surface area contributed by atoms with Crippen LogP contribution in [0.1, 0.15) is 11.3 Å². The van der Waals surface area contributed by atoms with E-state index in [1.165, 1.54) is 17.7 Å². The van der Waals surface area contributed by atoms with Crippen LogP contribution in [-0.2, 0) is 13.1 Å². The highest BCUT2D eigenvalue weighted by Crippen LogP contribution is 2.23. The molecule has 0 spiro atoms. The second-order valence-corrected chi connectivity index (χ2v) is 5.96. The first-order valence-corrected chi connectivity index (χ1v) is 8.16. The van der Waals surface area contributed by atoms with Crippen molar-refractivity contribution in [3.8, 4) is 16.3 Å². The minimum atomic E-state index is -0.230. The van der Waals surface area contributed by atoms with Crippen molar-refractivity contribution in [3.05, 3.63) is 71.0 Å². The quantitative estimate of drug-likeness (QED) is 0.734. The molecule has 3 rings (SSSR count). The number of ether oxygens (including phenoxy) is 1. The van der Waals surface area contributed by atoms with Gasteiger partial charge >= 0.3 is 0 Å². The molecule has 0 unspecified atom stereocenters. The van der Waals surface area contributed by atoms with E-state index >= 15 is 0 Å². The number of aromatic nitrogens is 1. The number of thiazole rings is 1. The molecule has 0 atom stereocenters. The summed E-state index contributed by atoms with van der Waals surface area (Å²) >= 11 is 1.57. The third-order valence-corrected chi connectivity index (χ3v) is 4.38. The number of hydrogen-bond donors (Lipinski definition) is 1. The van der Waals surface area contributed by atoms with Crippen LogP contribution in [0.5, 0.6) is 5.75 Å². The number of nitrogens with one attached hydrogen (secondary N) is 1. The van der Waals surface area contributed by atoms with Crippen molar-refractivity contribution in [1.82, 2.24) is 10.3 Å². The van der Waals surface area contributed by atoms with E-state index in [2.05, 4.69) is 10.3 Å². The number of benzene rings is 2. The van der Waals surface area contributed by atoms with Crippen molar-refractivity contribution in [2.75, 3.05) is 7.11 Å². The van der Waals surface area contributed by atoms with E-state index in [0.717, 1.165) is 28.6 Å². The summed E-state index contributed by atoms with van der Waals surface area (Å²) in [5, 5.41) is 6.31. The van der Waals surface area contributed by atoms with Crippen LogP contribution in [-0.4, -0.2) is 12.1 Å². The molecule has 0 aliphatic heterocycles. The maximum absolute atomic E-state index is 12.9. The first-order chi connectivity index (χ1) is 11.2. The van der Waals surface area contributed by atoms with Crippen molar-refractivity contribution >= 4 is 11.3 Å². The lowest BCUT2D eigenvalue weighted by atomic mass is 10.2. The fourth-order valence-corrected chi connectivity index (χ4v) is 3.02. The molecule has 1 aromatic heterocycles. The van der Waals surface area contributed by atoms with Gasteiger partial charge in [0.25, 0.3) is 0 Å². The summed E-state index contributed by atoms with van der Waals surface area (Å²) in [6, 6.07) is 14.4. The zero-order valence-electron chi connectivity index (χ0n) is 12.8. The van der Waals surface area contributed by atoms with Gasteiger partial charge in [0.1, 0.15) is 16.6 Å². The van der Waals surface area contributed by atoms with Crippen LogP contribution in [0.4, 0.5) is 4.39 Å². The Kier molecular flexibility index (Phi) is 5.00. The molecule has 23 heavy (non-hydrogen) atoms. The summed E-state index contributed by atoms with van der Waals surface area (Å²) in [7, 11) is 1.66. The highest BCUT2D eigenvalue weighted by Gasteiger charge is 2.05. The second kappa shape index (κ2) is 7.35. The number of methoxy groups -OCH3 is 1. The average Bonchev–Trinajstić information content (AvgIpc) is 3.05. The number of rotatable bonds is 6. The fraction of sp³-hybridized carbons (Fsp3) is 0.167. The van der Waals surface area contributed by atoms with Crippen molar-refractivity contribution in [2.24, 2.45) is 0 Å². The Morgan fingerprint density at radius 1 is 1.04 bits per heavy atom. The van der Waals surface area contributed by atoms with Crippen molar-refractivity contribution in [3.63, 3.8) is 0 Å². The zero-order valence-corrected chi connectivity index (χ0v) is 13.6. The molecular weight excluding hydrogens is 311 g/mol. The van der Waals surface area contributed by atoms with E-state index in [0.29, 0.717) is 6.54 Å². The molecule has 0 aliphatic rings. The molecule has 1 N–H and O–H groups in total. The van der Waals surface area contributed by atoms with Crippen molar-refractivity contribution in [1.29, 1.82) is 0 Å². The van der Waals surface area contributed by atoms with E-state index in [1.54, 1.807) is 30.6 Å². The standard InChI is InChI=1S/C18H17FN2OS/c1-22-17-8-2-13(3-9-17)10-20-11-16-12-23-18(21-16)14-4-6-15(19)7-5-14/h2-9,12,20H,10-11H2,1H3. The molecular formula is C18H17FN2OS. The minimum absolute atomic E-state index is 0.230. The summed E-state index contributed by atoms with van der Waals surface area (Å²) in [5.41, 5.74) is 3.13. The number of hydrogen-bond acceptors (Lipinski definition) is 4. The van der Waals surface area contributed by atoms with Crippen LogP contribution < -0.4 is 10.1 Å². The monoisotopic (exact) mass is 328 g/mol. The van der Waals surface area contributed by atoms with Crippen molar-refractivity contribution in [2.45, 2.75) is 13.1 Å². The lowest BCUT2D eigenvalue weighted by Gasteiger charge is -2.04. The molecule has 2 aromatic carbocycles. The smallest absolute Gasteiger partial charge is 0.123 e. The van der Waals surface area contributed by atoms with Gasteiger partial charge < -0.3 is 10.1 Å². The van der Waals surface area contributed by atoms with Gasteiger partial charge in [-0.05, 0) is 42.0 Å². The van der Waals surface area contributed by atoms with Gasteiger partial charge in [-0.1, -0.05) is 12.1 Å². The Labute approximate surface area is 138 Å². The molecule has 0 saturated carbocycles. The van der Waals surface area contributed by atoms with E-state index in [-0.39, 0.29) is 5.82 Å². The Balaban J connectivity index is 1.55. The van der Waals surface area contributed by atoms with Gasteiger partial charge in [0.05, 0.1) is 12.8 Å². The van der Waals surface area contributed by atoms with Crippen LogP contribution in [0.2, 0.25) is 0 Å². The van der Waals surface area contributed by atoms with Gasteiger partial charge in [-0.25, -0.2) is 9.37 Å². The molecule has 0 fully saturated rings. The zero-order chi connectivity index (χ0) is 16.1. The first-order valence-electron chi connectivity index (χ1n) is 7.28. The summed E-state index contributed by atoms with van der Waals surface area (Å²) in [4.78, 5) is 4.58. The van der Waals surface area contributed by atoms with Gasteiger partial charge in [0.15, 0.2) is 0 Å². The molecule has 3 aromatic rings. The van der Waals surface area contributed by atoms with Crippen LogP contribution in [0.3, 0.4) is 0 Å².